The van der Waals surface area contributed by atoms with Crippen molar-refractivity contribution in [1.29, 1.82) is 0 Å². The number of methoxy groups -OCH3 is 1. The minimum Gasteiger partial charge on any atom is -0.496 e. The van der Waals surface area contributed by atoms with Crippen LogP contribution in [0.5, 0.6) is 5.75 Å². The summed E-state index contributed by atoms with van der Waals surface area (Å²) >= 11 is 0. The van der Waals surface area contributed by atoms with Gasteiger partial charge in [0.25, 0.3) is 0 Å². The number of benzene rings is 1. The number of halogens is 1. The van der Waals surface area contributed by atoms with Gasteiger partial charge in [0.2, 0.25) is 0 Å². The van der Waals surface area contributed by atoms with Crippen molar-refractivity contribution in [2.75, 3.05) is 7.11 Å². The highest BCUT2D eigenvalue weighted by molar-refractivity contribution is 5.96. The molecule has 0 spiro atoms. The van der Waals surface area contributed by atoms with E-state index in [9.17, 15) is 9.18 Å². The third-order valence-electron chi connectivity index (χ3n) is 1.54. The Kier molecular flexibility index (Phi) is 2.43. The molecule has 1 aromatic carbocycles. The van der Waals surface area contributed by atoms with Crippen LogP contribution >= 0.6 is 0 Å². The van der Waals surface area contributed by atoms with E-state index in [0.717, 1.165) is 0 Å². The Morgan fingerprint density at radius 2 is 2.17 bits per heavy atom. The van der Waals surface area contributed by atoms with E-state index in [1.165, 1.54) is 32.2 Å². The maximum Gasteiger partial charge on any atom is 0.163 e. The molecule has 2 nitrogen and oxygen atoms in total. The summed E-state index contributed by atoms with van der Waals surface area (Å²) in [5.41, 5.74) is 0.275. The molecular weight excluding hydrogens is 159 g/mol. The van der Waals surface area contributed by atoms with Crippen LogP contribution < -0.4 is 4.74 Å². The predicted octanol–water partition coefficient (Wildman–Crippen LogP) is 2.04. The molecule has 0 aliphatic carbocycles. The largest absolute Gasteiger partial charge is 0.496 e. The summed E-state index contributed by atoms with van der Waals surface area (Å²) in [7, 11) is 1.44. The Morgan fingerprint density at radius 3 is 2.67 bits per heavy atom. The monoisotopic (exact) mass is 168 g/mol. The highest BCUT2D eigenvalue weighted by Crippen LogP contribution is 2.19. The molecule has 0 fully saturated rings. The van der Waals surface area contributed by atoms with E-state index in [0.29, 0.717) is 5.75 Å². The second kappa shape index (κ2) is 3.34. The van der Waals surface area contributed by atoms with Crippen molar-refractivity contribution in [2.45, 2.75) is 6.92 Å². The van der Waals surface area contributed by atoms with Crippen molar-refractivity contribution < 1.29 is 13.9 Å². The molecule has 0 aliphatic heterocycles. The van der Waals surface area contributed by atoms with E-state index in [1.807, 2.05) is 0 Å². The SMILES string of the molecule is COc1ccc(F)cc1C(C)=O. The average molecular weight is 168 g/mol. The molecule has 0 N–H and O–H groups in total. The Balaban J connectivity index is 3.21. The van der Waals surface area contributed by atoms with Crippen LogP contribution in [-0.2, 0) is 0 Å². The molecule has 0 atom stereocenters. The van der Waals surface area contributed by atoms with Gasteiger partial charge in [-0.25, -0.2) is 4.39 Å². The fraction of sp³-hybridized carbons (Fsp3) is 0.222. The predicted molar refractivity (Wildman–Crippen MR) is 43.0 cm³/mol. The molecule has 0 aliphatic rings. The van der Waals surface area contributed by atoms with Crippen molar-refractivity contribution >= 4 is 5.78 Å². The van der Waals surface area contributed by atoms with Gasteiger partial charge in [-0.05, 0) is 25.1 Å². The van der Waals surface area contributed by atoms with E-state index in [1.54, 1.807) is 0 Å². The molecule has 0 aromatic heterocycles. The van der Waals surface area contributed by atoms with Crippen molar-refractivity contribution in [2.24, 2.45) is 0 Å². The first-order valence-corrected chi connectivity index (χ1v) is 3.49. The van der Waals surface area contributed by atoms with Crippen LogP contribution in [0.3, 0.4) is 0 Å². The van der Waals surface area contributed by atoms with Crippen molar-refractivity contribution in [1.82, 2.24) is 0 Å². The van der Waals surface area contributed by atoms with E-state index in [-0.39, 0.29) is 11.3 Å². The summed E-state index contributed by atoms with van der Waals surface area (Å²) in [5, 5.41) is 0. The summed E-state index contributed by atoms with van der Waals surface area (Å²) in [6, 6.07) is 3.86. The lowest BCUT2D eigenvalue weighted by Gasteiger charge is -2.04. The number of ether oxygens (including phenoxy) is 1. The molecule has 3 heteroatoms. The first-order valence-electron chi connectivity index (χ1n) is 3.49. The summed E-state index contributed by atoms with van der Waals surface area (Å²) in [4.78, 5) is 10.9. The Labute approximate surface area is 70.0 Å². The van der Waals surface area contributed by atoms with Crippen LogP contribution in [0.4, 0.5) is 4.39 Å². The molecule has 0 amide bonds. The molecule has 0 saturated heterocycles. The highest BCUT2D eigenvalue weighted by Gasteiger charge is 2.07. The zero-order valence-electron chi connectivity index (χ0n) is 6.93. The molecule has 0 unspecified atom stereocenters. The molecule has 0 heterocycles. The quantitative estimate of drug-likeness (QED) is 0.631. The average Bonchev–Trinajstić information content (AvgIpc) is 2.04. The fourth-order valence-electron chi connectivity index (χ4n) is 0.955. The second-order valence-corrected chi connectivity index (χ2v) is 2.40. The fourth-order valence-corrected chi connectivity index (χ4v) is 0.955. The van der Waals surface area contributed by atoms with Crippen LogP contribution in [0.25, 0.3) is 0 Å². The summed E-state index contributed by atoms with van der Waals surface area (Å²) in [6.45, 7) is 1.37. The van der Waals surface area contributed by atoms with Crippen molar-refractivity contribution in [3.63, 3.8) is 0 Å². The smallest absolute Gasteiger partial charge is 0.163 e. The van der Waals surface area contributed by atoms with Gasteiger partial charge in [0.15, 0.2) is 5.78 Å². The van der Waals surface area contributed by atoms with Crippen LogP contribution in [0.15, 0.2) is 18.2 Å². The number of hydrogen-bond acceptors (Lipinski definition) is 2. The van der Waals surface area contributed by atoms with Gasteiger partial charge in [-0.1, -0.05) is 0 Å². The first-order chi connectivity index (χ1) is 5.65. The highest BCUT2D eigenvalue weighted by atomic mass is 19.1. The van der Waals surface area contributed by atoms with Gasteiger partial charge in [0.1, 0.15) is 11.6 Å². The van der Waals surface area contributed by atoms with Crippen LogP contribution in [-0.4, -0.2) is 12.9 Å². The summed E-state index contributed by atoms with van der Waals surface area (Å²) in [6.07, 6.45) is 0. The maximum absolute atomic E-state index is 12.6. The molecule has 0 radical (unpaired) electrons. The lowest BCUT2D eigenvalue weighted by atomic mass is 10.1. The van der Waals surface area contributed by atoms with Crippen LogP contribution in [0.2, 0.25) is 0 Å². The van der Waals surface area contributed by atoms with Gasteiger partial charge >= 0.3 is 0 Å². The normalized spacial score (nSPS) is 9.58. The molecule has 12 heavy (non-hydrogen) atoms. The van der Waals surface area contributed by atoms with Gasteiger partial charge in [-0.15, -0.1) is 0 Å². The van der Waals surface area contributed by atoms with E-state index in [2.05, 4.69) is 0 Å². The number of rotatable bonds is 2. The minimum atomic E-state index is -0.430. The summed E-state index contributed by atoms with van der Waals surface area (Å²) < 4.78 is 17.5. The lowest BCUT2D eigenvalue weighted by Crippen LogP contribution is -1.97. The minimum absolute atomic E-state index is 0.202. The zero-order valence-corrected chi connectivity index (χ0v) is 6.93. The van der Waals surface area contributed by atoms with Gasteiger partial charge < -0.3 is 4.74 Å². The third-order valence-corrected chi connectivity index (χ3v) is 1.54. The van der Waals surface area contributed by atoms with Crippen LogP contribution in [0, 0.1) is 5.82 Å². The molecular formula is C9H9FO2. The number of carbonyl (C=O) groups excluding carboxylic acids is 1. The first kappa shape index (κ1) is 8.71. The van der Waals surface area contributed by atoms with E-state index in [4.69, 9.17) is 4.74 Å². The molecule has 0 bridgehead atoms. The van der Waals surface area contributed by atoms with Gasteiger partial charge in [-0.2, -0.15) is 0 Å². The van der Waals surface area contributed by atoms with E-state index >= 15 is 0 Å². The number of hydrogen-bond donors (Lipinski definition) is 0. The zero-order chi connectivity index (χ0) is 9.14. The number of carbonyl (C=O) groups is 1. The second-order valence-electron chi connectivity index (χ2n) is 2.40. The number of ketones is 1. The van der Waals surface area contributed by atoms with Crippen molar-refractivity contribution in [3.05, 3.63) is 29.6 Å². The van der Waals surface area contributed by atoms with Gasteiger partial charge in [0, 0.05) is 0 Å². The Morgan fingerprint density at radius 1 is 1.50 bits per heavy atom. The topological polar surface area (TPSA) is 26.3 Å². The van der Waals surface area contributed by atoms with Gasteiger partial charge in [-0.3, -0.25) is 4.79 Å². The standard InChI is InChI=1S/C9H9FO2/c1-6(11)8-5-7(10)3-4-9(8)12-2/h3-5H,1-2H3. The summed E-state index contributed by atoms with van der Waals surface area (Å²) in [5.74, 6) is -0.226. The molecule has 1 rings (SSSR count). The third kappa shape index (κ3) is 1.61. The van der Waals surface area contributed by atoms with Crippen molar-refractivity contribution in [3.8, 4) is 5.75 Å². The lowest BCUT2D eigenvalue weighted by molar-refractivity contribution is 0.101. The molecule has 1 aromatic rings. The maximum atomic E-state index is 12.6. The van der Waals surface area contributed by atoms with Gasteiger partial charge in [0.05, 0.1) is 12.7 Å². The Bertz CT molecular complexity index is 307. The molecule has 0 saturated carbocycles. The Hall–Kier alpha value is -1.38. The molecule has 64 valence electrons. The number of Topliss-reactive ketones (excluding diaryl/α,β-unsaturated/α-hetero) is 1. The van der Waals surface area contributed by atoms with E-state index < -0.39 is 5.82 Å². The van der Waals surface area contributed by atoms with Crippen LogP contribution in [0.1, 0.15) is 17.3 Å².